The molecule has 7 rings (SSSR count). The van der Waals surface area contributed by atoms with E-state index in [1.54, 1.807) is 0 Å². The molecule has 0 aliphatic carbocycles. The Bertz CT molecular complexity index is 2280. The van der Waals surface area contributed by atoms with E-state index in [0.717, 1.165) is 70.1 Å². The summed E-state index contributed by atoms with van der Waals surface area (Å²) in [6.45, 7) is 15.9. The monoisotopic (exact) mass is 853 g/mol. The molecule has 4 aromatic carbocycles. The fourth-order valence-electron chi connectivity index (χ4n) is 7.08. The van der Waals surface area contributed by atoms with Crippen molar-refractivity contribution in [3.8, 4) is 34.1 Å². The van der Waals surface area contributed by atoms with Crippen molar-refractivity contribution in [2.45, 2.75) is 74.1 Å². The summed E-state index contributed by atoms with van der Waals surface area (Å²) in [5, 5.41) is 7.13. The molecular weight excluding hydrogens is 808 g/mol. The second-order valence-electron chi connectivity index (χ2n) is 14.5. The Morgan fingerprint density at radius 1 is 0.745 bits per heavy atom. The van der Waals surface area contributed by atoms with Crippen LogP contribution in [-0.4, -0.2) is 19.3 Å². The van der Waals surface area contributed by atoms with Crippen LogP contribution in [0.5, 0.6) is 11.5 Å². The van der Waals surface area contributed by atoms with Crippen molar-refractivity contribution >= 4 is 21.8 Å². The van der Waals surface area contributed by atoms with Gasteiger partial charge in [-0.1, -0.05) is 57.5 Å². The molecule has 0 aliphatic heterocycles. The number of ether oxygens (including phenoxy) is 1. The third kappa shape index (κ3) is 7.60. The first-order valence-corrected chi connectivity index (χ1v) is 17.9. The molecule has 0 amide bonds. The Balaban J connectivity index is 0.00000448. The fourth-order valence-corrected chi connectivity index (χ4v) is 7.08. The molecule has 5 nitrogen and oxygen atoms in total. The van der Waals surface area contributed by atoms with Gasteiger partial charge in [0.1, 0.15) is 5.82 Å². The fraction of sp³-hybridized carbons (Fsp3) is 0.289. The van der Waals surface area contributed by atoms with E-state index in [0.29, 0.717) is 23.3 Å². The third-order valence-corrected chi connectivity index (χ3v) is 9.71. The number of rotatable bonds is 11. The Labute approximate surface area is 317 Å². The third-order valence-electron chi connectivity index (χ3n) is 9.71. The molecule has 0 atom stereocenters. The van der Waals surface area contributed by atoms with Gasteiger partial charge >= 0.3 is 21.1 Å². The van der Waals surface area contributed by atoms with Crippen LogP contribution < -0.4 is 4.74 Å². The van der Waals surface area contributed by atoms with E-state index in [-0.39, 0.29) is 21.1 Å². The van der Waals surface area contributed by atoms with Crippen molar-refractivity contribution in [1.82, 2.24) is 19.3 Å². The Morgan fingerprint density at radius 3 is 2.16 bits per heavy atom. The predicted octanol–water partition coefficient (Wildman–Crippen LogP) is 11.5. The topological polar surface area (TPSA) is 44.9 Å². The van der Waals surface area contributed by atoms with Crippen LogP contribution in [0.1, 0.15) is 68.4 Å². The second kappa shape index (κ2) is 15.4. The smallest absolute Gasteiger partial charge is 0.509 e. The number of aromatic nitrogens is 4. The van der Waals surface area contributed by atoms with Crippen LogP contribution in [0.15, 0.2) is 91.4 Å². The minimum Gasteiger partial charge on any atom is -0.509 e. The van der Waals surface area contributed by atoms with Crippen molar-refractivity contribution in [3.63, 3.8) is 0 Å². The molecule has 0 fully saturated rings. The van der Waals surface area contributed by atoms with Crippen molar-refractivity contribution in [2.24, 2.45) is 11.8 Å². The van der Waals surface area contributed by atoms with Gasteiger partial charge in [0.2, 0.25) is 0 Å². The van der Waals surface area contributed by atoms with Crippen molar-refractivity contribution in [2.75, 3.05) is 0 Å². The van der Waals surface area contributed by atoms with Crippen LogP contribution >= 0.6 is 0 Å². The molecule has 0 saturated heterocycles. The van der Waals surface area contributed by atoms with Crippen LogP contribution in [0.25, 0.3) is 44.4 Å². The number of benzene rings is 4. The van der Waals surface area contributed by atoms with Gasteiger partial charge in [0, 0.05) is 35.0 Å². The van der Waals surface area contributed by atoms with Gasteiger partial charge in [-0.2, -0.15) is 17.2 Å². The maximum atomic E-state index is 6.44. The van der Waals surface area contributed by atoms with Gasteiger partial charge < -0.3 is 9.30 Å². The SMILES string of the molecule is Cc1ccnc(-n2c3[c-]c(Oc4[c-]c(-n5cc(-c6c(CCC(C)C)c(C)cc(C)c6CCC(C)C)cn5)ccc4)ccc3c3ccccc32)c1.[Pt+2]. The van der Waals surface area contributed by atoms with E-state index in [2.05, 4.69) is 114 Å². The number of hydrogen-bond donors (Lipinski definition) is 0. The van der Waals surface area contributed by atoms with Crippen molar-refractivity contribution in [1.29, 1.82) is 0 Å². The zero-order valence-corrected chi connectivity index (χ0v) is 32.9. The number of pyridine rings is 1. The summed E-state index contributed by atoms with van der Waals surface area (Å²) in [7, 11) is 0. The largest absolute Gasteiger partial charge is 2.00 e. The first kappa shape index (κ1) is 36.3. The molecule has 0 bridgehead atoms. The molecule has 0 unspecified atom stereocenters. The zero-order chi connectivity index (χ0) is 34.9. The van der Waals surface area contributed by atoms with Gasteiger partial charge in [0.15, 0.2) is 0 Å². The van der Waals surface area contributed by atoms with Crippen molar-refractivity contribution < 1.29 is 25.8 Å². The van der Waals surface area contributed by atoms with E-state index in [4.69, 9.17) is 14.8 Å². The molecule has 0 aliphatic rings. The summed E-state index contributed by atoms with van der Waals surface area (Å²) in [6.07, 6.45) is 10.5. The standard InChI is InChI=1S/C45H46N4O.Pt/c1-29(2)15-18-38-32(6)24-33(7)39(19-16-30(3)4)45(38)34-27-47-48(28-34)35-11-10-12-36(25-35)50-37-17-20-41-40-13-8-9-14-42(40)49(43(41)26-37)44-23-31(5)21-22-46-44;/h8-14,17,20-24,27-30H,15-16,18-19H2,1-7H3;/q-2;+2. The Morgan fingerprint density at radius 2 is 1.45 bits per heavy atom. The molecule has 0 radical (unpaired) electrons. The molecule has 3 heterocycles. The summed E-state index contributed by atoms with van der Waals surface area (Å²) in [5.41, 5.74) is 12.1. The van der Waals surface area contributed by atoms with Crippen LogP contribution in [0.2, 0.25) is 0 Å². The average molecular weight is 854 g/mol. The minimum atomic E-state index is 0. The van der Waals surface area contributed by atoms with Gasteiger partial charge in [0.05, 0.1) is 6.20 Å². The van der Waals surface area contributed by atoms with E-state index < -0.39 is 0 Å². The average Bonchev–Trinajstić information content (AvgIpc) is 3.70. The van der Waals surface area contributed by atoms with Crippen LogP contribution in [0.4, 0.5) is 0 Å². The Hall–Kier alpha value is -4.47. The van der Waals surface area contributed by atoms with Crippen LogP contribution in [-0.2, 0) is 33.9 Å². The second-order valence-corrected chi connectivity index (χ2v) is 14.5. The predicted molar refractivity (Wildman–Crippen MR) is 206 cm³/mol. The van der Waals surface area contributed by atoms with E-state index in [1.807, 2.05) is 47.4 Å². The van der Waals surface area contributed by atoms with Gasteiger partial charge in [-0.25, -0.2) is 4.98 Å². The molecular formula is C45H46N4OPt. The minimum absolute atomic E-state index is 0. The van der Waals surface area contributed by atoms with E-state index in [9.17, 15) is 0 Å². The van der Waals surface area contributed by atoms with E-state index in [1.165, 1.54) is 27.8 Å². The number of nitrogens with zero attached hydrogens (tertiary/aromatic N) is 4. The number of aryl methyl sites for hydroxylation is 3. The Kier molecular flexibility index (Phi) is 11.0. The van der Waals surface area contributed by atoms with Crippen LogP contribution in [0, 0.1) is 44.7 Å². The molecule has 3 aromatic heterocycles. The summed E-state index contributed by atoms with van der Waals surface area (Å²) in [5.74, 6) is 3.36. The molecule has 6 heteroatoms. The molecule has 0 spiro atoms. The van der Waals surface area contributed by atoms with Gasteiger partial charge in [-0.3, -0.25) is 4.68 Å². The quantitative estimate of drug-likeness (QED) is 0.122. The summed E-state index contributed by atoms with van der Waals surface area (Å²) in [4.78, 5) is 4.71. The number of hydrogen-bond acceptors (Lipinski definition) is 3. The number of fused-ring (bicyclic) bond motifs is 3. The molecule has 0 N–H and O–H groups in total. The van der Waals surface area contributed by atoms with Gasteiger partial charge in [-0.05, 0) is 121 Å². The van der Waals surface area contributed by atoms with E-state index >= 15 is 0 Å². The molecule has 262 valence electrons. The first-order chi connectivity index (χ1) is 24.2. The summed E-state index contributed by atoms with van der Waals surface area (Å²) < 4.78 is 10.5. The van der Waals surface area contributed by atoms with Gasteiger partial charge in [-0.15, -0.1) is 35.7 Å². The van der Waals surface area contributed by atoms with Crippen LogP contribution in [0.3, 0.4) is 0 Å². The van der Waals surface area contributed by atoms with Crippen molar-refractivity contribution in [3.05, 3.63) is 131 Å². The maximum absolute atomic E-state index is 6.44. The maximum Gasteiger partial charge on any atom is 2.00 e. The first-order valence-electron chi connectivity index (χ1n) is 17.9. The normalized spacial score (nSPS) is 11.5. The zero-order valence-electron chi connectivity index (χ0n) is 30.7. The number of para-hydroxylation sites is 1. The molecule has 51 heavy (non-hydrogen) atoms. The van der Waals surface area contributed by atoms with Gasteiger partial charge in [0.25, 0.3) is 0 Å². The molecule has 7 aromatic rings. The molecule has 0 saturated carbocycles. The summed E-state index contributed by atoms with van der Waals surface area (Å²) in [6, 6.07) is 32.0. The summed E-state index contributed by atoms with van der Waals surface area (Å²) >= 11 is 0.